The third-order valence-electron chi connectivity index (χ3n) is 3.58. The van der Waals surface area contributed by atoms with Crippen molar-refractivity contribution in [2.45, 2.75) is 39.0 Å². The molecule has 2 aliphatic rings. The van der Waals surface area contributed by atoms with Gasteiger partial charge in [0.2, 0.25) is 0 Å². The van der Waals surface area contributed by atoms with Crippen LogP contribution < -0.4 is 0 Å². The first-order valence-corrected chi connectivity index (χ1v) is 5.42. The van der Waals surface area contributed by atoms with E-state index in [1.54, 1.807) is 0 Å². The number of hydrogen-bond donors (Lipinski definition) is 0. The Morgan fingerprint density at radius 2 is 1.92 bits per heavy atom. The summed E-state index contributed by atoms with van der Waals surface area (Å²) in [5, 5.41) is 0. The molecule has 2 fully saturated rings. The minimum Gasteiger partial charge on any atom is -0.302 e. The van der Waals surface area contributed by atoms with Crippen LogP contribution >= 0.6 is 0 Å². The molecule has 1 aliphatic carbocycles. The number of carbonyl (C=O) groups is 1. The molecule has 13 heavy (non-hydrogen) atoms. The smallest absolute Gasteiger partial charge is 0.135 e. The van der Waals surface area contributed by atoms with E-state index in [0.717, 1.165) is 25.9 Å². The molecular weight excluding hydrogens is 162 g/mol. The molecule has 2 rings (SSSR count). The van der Waals surface area contributed by atoms with Crippen molar-refractivity contribution in [2.75, 3.05) is 19.6 Å². The third-order valence-corrected chi connectivity index (χ3v) is 3.58. The van der Waals surface area contributed by atoms with Gasteiger partial charge in [-0.05, 0) is 18.3 Å². The van der Waals surface area contributed by atoms with Crippen LogP contribution in [0.25, 0.3) is 0 Å². The fraction of sp³-hybridized carbons (Fsp3) is 0.909. The zero-order valence-electron chi connectivity index (χ0n) is 8.51. The molecule has 1 saturated heterocycles. The van der Waals surface area contributed by atoms with Crippen molar-refractivity contribution in [1.29, 1.82) is 0 Å². The standard InChI is InChI=1S/C11H19NO/c1-11(5-2-6-11)9-12-7-3-10(13)4-8-12/h2-9H2,1H3. The van der Waals surface area contributed by atoms with E-state index in [2.05, 4.69) is 11.8 Å². The maximum absolute atomic E-state index is 11.0. The SMILES string of the molecule is CC1(CN2CCC(=O)CC2)CCC1. The minimum atomic E-state index is 0.454. The molecule has 2 nitrogen and oxygen atoms in total. The lowest BCUT2D eigenvalue weighted by Crippen LogP contribution is -2.43. The second kappa shape index (κ2) is 3.41. The predicted octanol–water partition coefficient (Wildman–Crippen LogP) is 1.84. The monoisotopic (exact) mass is 181 g/mol. The maximum Gasteiger partial charge on any atom is 0.135 e. The van der Waals surface area contributed by atoms with Crippen molar-refractivity contribution in [3.63, 3.8) is 0 Å². The van der Waals surface area contributed by atoms with E-state index in [0.29, 0.717) is 11.2 Å². The summed E-state index contributed by atoms with van der Waals surface area (Å²) in [6, 6.07) is 0. The van der Waals surface area contributed by atoms with Crippen molar-refractivity contribution >= 4 is 5.78 Å². The molecule has 0 aromatic carbocycles. The van der Waals surface area contributed by atoms with Crippen LogP contribution in [0.5, 0.6) is 0 Å². The second-order valence-electron chi connectivity index (χ2n) is 4.98. The number of piperidine rings is 1. The van der Waals surface area contributed by atoms with Crippen LogP contribution in [0.3, 0.4) is 0 Å². The van der Waals surface area contributed by atoms with Gasteiger partial charge < -0.3 is 4.90 Å². The Balaban J connectivity index is 1.78. The molecular formula is C11H19NO. The first kappa shape index (κ1) is 9.20. The highest BCUT2D eigenvalue weighted by Crippen LogP contribution is 2.41. The van der Waals surface area contributed by atoms with Gasteiger partial charge in [0, 0.05) is 32.5 Å². The van der Waals surface area contributed by atoms with E-state index >= 15 is 0 Å². The molecule has 0 atom stereocenters. The van der Waals surface area contributed by atoms with Gasteiger partial charge in [0.05, 0.1) is 0 Å². The Morgan fingerprint density at radius 1 is 1.31 bits per heavy atom. The zero-order valence-corrected chi connectivity index (χ0v) is 8.51. The normalized spacial score (nSPS) is 28.5. The van der Waals surface area contributed by atoms with E-state index in [4.69, 9.17) is 0 Å². The topological polar surface area (TPSA) is 20.3 Å². The van der Waals surface area contributed by atoms with Crippen LogP contribution in [-0.4, -0.2) is 30.3 Å². The van der Waals surface area contributed by atoms with E-state index < -0.39 is 0 Å². The summed E-state index contributed by atoms with van der Waals surface area (Å²) < 4.78 is 0. The largest absolute Gasteiger partial charge is 0.302 e. The lowest BCUT2D eigenvalue weighted by Gasteiger charge is -2.43. The summed E-state index contributed by atoms with van der Waals surface area (Å²) in [6.45, 7) is 5.62. The van der Waals surface area contributed by atoms with E-state index in [9.17, 15) is 4.79 Å². The molecule has 0 aromatic rings. The molecule has 1 heterocycles. The number of carbonyl (C=O) groups excluding carboxylic acids is 1. The van der Waals surface area contributed by atoms with Crippen molar-refractivity contribution in [3.8, 4) is 0 Å². The number of rotatable bonds is 2. The van der Waals surface area contributed by atoms with Crippen LogP contribution in [0.15, 0.2) is 0 Å². The van der Waals surface area contributed by atoms with Gasteiger partial charge in [-0.25, -0.2) is 0 Å². The fourth-order valence-corrected chi connectivity index (χ4v) is 2.44. The van der Waals surface area contributed by atoms with Gasteiger partial charge in [-0.2, -0.15) is 0 Å². The summed E-state index contributed by atoms with van der Waals surface area (Å²) in [7, 11) is 0. The molecule has 1 saturated carbocycles. The van der Waals surface area contributed by atoms with E-state index in [1.165, 1.54) is 25.8 Å². The van der Waals surface area contributed by atoms with Gasteiger partial charge >= 0.3 is 0 Å². The molecule has 0 aromatic heterocycles. The zero-order chi connectivity index (χ0) is 9.31. The van der Waals surface area contributed by atoms with Gasteiger partial charge in [-0.3, -0.25) is 4.79 Å². The number of ketones is 1. The maximum atomic E-state index is 11.0. The summed E-state index contributed by atoms with van der Waals surface area (Å²) in [5.41, 5.74) is 0.584. The molecule has 0 N–H and O–H groups in total. The average Bonchev–Trinajstić information content (AvgIpc) is 2.06. The Morgan fingerprint density at radius 3 is 2.38 bits per heavy atom. The fourth-order valence-electron chi connectivity index (χ4n) is 2.44. The van der Waals surface area contributed by atoms with E-state index in [-0.39, 0.29) is 0 Å². The predicted molar refractivity (Wildman–Crippen MR) is 52.6 cm³/mol. The van der Waals surface area contributed by atoms with Crippen LogP contribution in [0, 0.1) is 5.41 Å². The highest BCUT2D eigenvalue weighted by atomic mass is 16.1. The number of hydrogen-bond acceptors (Lipinski definition) is 2. The number of Topliss-reactive ketones (excluding diaryl/α,β-unsaturated/α-hetero) is 1. The van der Waals surface area contributed by atoms with Crippen molar-refractivity contribution in [2.24, 2.45) is 5.41 Å². The number of nitrogens with zero attached hydrogens (tertiary/aromatic N) is 1. The molecule has 1 aliphatic heterocycles. The molecule has 0 radical (unpaired) electrons. The quantitative estimate of drug-likeness (QED) is 0.648. The third kappa shape index (κ3) is 2.11. The Labute approximate surface area is 80.3 Å². The Kier molecular flexibility index (Phi) is 2.41. The molecule has 0 unspecified atom stereocenters. The van der Waals surface area contributed by atoms with Gasteiger partial charge in [-0.15, -0.1) is 0 Å². The summed E-state index contributed by atoms with van der Waals surface area (Å²) >= 11 is 0. The lowest BCUT2D eigenvalue weighted by molar-refractivity contribution is -0.122. The highest BCUT2D eigenvalue weighted by Gasteiger charge is 2.34. The van der Waals surface area contributed by atoms with Crippen molar-refractivity contribution < 1.29 is 4.79 Å². The van der Waals surface area contributed by atoms with Crippen molar-refractivity contribution in [1.82, 2.24) is 4.90 Å². The van der Waals surface area contributed by atoms with Gasteiger partial charge in [-0.1, -0.05) is 13.3 Å². The lowest BCUT2D eigenvalue weighted by atomic mass is 9.70. The summed E-state index contributed by atoms with van der Waals surface area (Å²) in [5.74, 6) is 0.454. The Bertz CT molecular complexity index is 198. The summed E-state index contributed by atoms with van der Waals surface area (Å²) in [6.07, 6.45) is 5.75. The van der Waals surface area contributed by atoms with Gasteiger partial charge in [0.1, 0.15) is 5.78 Å². The van der Waals surface area contributed by atoms with Crippen LogP contribution in [0.2, 0.25) is 0 Å². The number of likely N-dealkylation sites (tertiary alicyclic amines) is 1. The molecule has 74 valence electrons. The first-order chi connectivity index (χ1) is 6.18. The molecule has 0 bridgehead atoms. The van der Waals surface area contributed by atoms with E-state index in [1.807, 2.05) is 0 Å². The highest BCUT2D eigenvalue weighted by molar-refractivity contribution is 5.79. The minimum absolute atomic E-state index is 0.454. The van der Waals surface area contributed by atoms with Crippen LogP contribution in [0.4, 0.5) is 0 Å². The second-order valence-corrected chi connectivity index (χ2v) is 4.98. The van der Waals surface area contributed by atoms with Crippen molar-refractivity contribution in [3.05, 3.63) is 0 Å². The summed E-state index contributed by atoms with van der Waals surface area (Å²) in [4.78, 5) is 13.5. The molecule has 0 spiro atoms. The van der Waals surface area contributed by atoms with Gasteiger partial charge in [0.25, 0.3) is 0 Å². The average molecular weight is 181 g/mol. The Hall–Kier alpha value is -0.370. The first-order valence-electron chi connectivity index (χ1n) is 5.42. The molecule has 2 heteroatoms. The molecule has 0 amide bonds. The van der Waals surface area contributed by atoms with Crippen LogP contribution in [-0.2, 0) is 4.79 Å². The van der Waals surface area contributed by atoms with Crippen LogP contribution in [0.1, 0.15) is 39.0 Å². The van der Waals surface area contributed by atoms with Gasteiger partial charge in [0.15, 0.2) is 0 Å².